The Morgan fingerprint density at radius 2 is 0.663 bits per heavy atom. The number of aromatic nitrogens is 2. The Labute approximate surface area is 611 Å². The van der Waals surface area contributed by atoms with Crippen LogP contribution in [0.1, 0.15) is 135 Å². The standard InChI is InChI=1S/C100H82N4/c1-98(2,3)68-53-79(61-30-14-10-15-31-61)96(80(54-68)62-32-16-11-17-33-62)103-86-59-71(101-85-45-29-28-44-76(85)83-50-65-38-23-26-42-74(65)94(83)101)46-48-77(86)92-78-49-47-72(102-88-52-67-40-22-25-41-73(67)91(88)84-51-66-39-24-27-43-75(66)95(84)102)60-87(78)104(90-58-70(100(7,8)9)57-89(103)93(90)92)97-81(63-34-18-12-19-35-63)55-69(99(4,5)6)56-82(97)64-36-20-13-21-37-64/h10-49,53-60,92H,50-52H2,1-9H3. The molecule has 0 bridgehead atoms. The maximum absolute atomic E-state index is 2.77. The highest BCUT2D eigenvalue weighted by molar-refractivity contribution is 6.08. The second kappa shape index (κ2) is 22.9. The lowest BCUT2D eigenvalue weighted by atomic mass is 9.73. The Hall–Kier alpha value is -11.7. The monoisotopic (exact) mass is 1340 g/mol. The van der Waals surface area contributed by atoms with Crippen LogP contribution in [0.4, 0.5) is 34.1 Å². The lowest BCUT2D eigenvalue weighted by Crippen LogP contribution is -2.31. The van der Waals surface area contributed by atoms with Crippen LogP contribution in [-0.2, 0) is 35.5 Å². The topological polar surface area (TPSA) is 16.3 Å². The summed E-state index contributed by atoms with van der Waals surface area (Å²) < 4.78 is 5.30. The zero-order valence-corrected chi connectivity index (χ0v) is 60.7. The third kappa shape index (κ3) is 9.43. The molecule has 4 nitrogen and oxygen atoms in total. The third-order valence-electron chi connectivity index (χ3n) is 23.4. The Balaban J connectivity index is 0.963. The summed E-state index contributed by atoms with van der Waals surface area (Å²) in [5.41, 5.74) is 43.2. The second-order valence-electron chi connectivity index (χ2n) is 32.7. The first-order chi connectivity index (χ1) is 50.5. The number of rotatable bonds is 8. The van der Waals surface area contributed by atoms with Gasteiger partial charge in [0.05, 0.1) is 51.0 Å². The van der Waals surface area contributed by atoms with Gasteiger partial charge >= 0.3 is 0 Å². The van der Waals surface area contributed by atoms with Crippen LogP contribution >= 0.6 is 0 Å². The van der Waals surface area contributed by atoms with Gasteiger partial charge in [0.1, 0.15) is 0 Å². The summed E-state index contributed by atoms with van der Waals surface area (Å²) in [7, 11) is 0. The SMILES string of the molecule is CC(C)(C)c1cc(-c2ccccc2)c(N2c3cc(-n4c5c(c6c4-c4ccccc4C6)-c4ccccc4C5)ccc3C3c4ccc(-n5c6c(c7ccccc75)Cc5ccccc5-6)cc4N(c4c(-c5ccccc5)cc(C(C)(C)C)cc4-c4ccccc4)c4cc(C(C)(C)C)cc2c43)c(-c2ccccc2)c1. The van der Waals surface area contributed by atoms with Gasteiger partial charge in [-0.1, -0.05) is 287 Å². The highest BCUT2D eigenvalue weighted by Gasteiger charge is 2.46. The Kier molecular flexibility index (Phi) is 13.7. The van der Waals surface area contributed by atoms with Gasteiger partial charge in [0.25, 0.3) is 0 Å². The van der Waals surface area contributed by atoms with Gasteiger partial charge in [-0.05, 0) is 166 Å². The maximum atomic E-state index is 2.77. The zero-order valence-electron chi connectivity index (χ0n) is 60.7. The van der Waals surface area contributed by atoms with Crippen LogP contribution < -0.4 is 9.80 Å². The van der Waals surface area contributed by atoms with E-state index in [1.165, 1.54) is 179 Å². The van der Waals surface area contributed by atoms with E-state index < -0.39 is 0 Å². The molecule has 3 aliphatic carbocycles. The smallest absolute Gasteiger partial charge is 0.0618 e. The summed E-state index contributed by atoms with van der Waals surface area (Å²) in [5.74, 6) is -0.225. The molecule has 0 spiro atoms. The lowest BCUT2D eigenvalue weighted by molar-refractivity contribution is 0.589. The number of benzene rings is 13. The normalized spacial score (nSPS) is 14.3. The van der Waals surface area contributed by atoms with Gasteiger partial charge in [-0.3, -0.25) is 0 Å². The fourth-order valence-electron chi connectivity index (χ4n) is 18.4. The largest absolute Gasteiger partial charge is 0.312 e. The highest BCUT2D eigenvalue weighted by Crippen LogP contribution is 2.66. The first kappa shape index (κ1) is 62.1. The molecule has 1 atom stereocenters. The number of hydrogen-bond donors (Lipinski definition) is 0. The van der Waals surface area contributed by atoms with Crippen LogP contribution in [0, 0.1) is 0 Å². The lowest BCUT2D eigenvalue weighted by Gasteiger charge is -2.47. The van der Waals surface area contributed by atoms with Crippen molar-refractivity contribution < 1.29 is 0 Å². The van der Waals surface area contributed by atoms with Gasteiger partial charge in [0, 0.05) is 92.1 Å². The summed E-state index contributed by atoms with van der Waals surface area (Å²) >= 11 is 0. The molecule has 502 valence electrons. The molecule has 0 N–H and O–H groups in total. The molecule has 4 heterocycles. The van der Waals surface area contributed by atoms with Gasteiger partial charge in [-0.2, -0.15) is 0 Å². The molecule has 0 saturated carbocycles. The summed E-state index contributed by atoms with van der Waals surface area (Å²) in [6.07, 6.45) is 2.66. The molecule has 1 unspecified atom stereocenters. The minimum Gasteiger partial charge on any atom is -0.312 e. The molecule has 5 aliphatic rings. The van der Waals surface area contributed by atoms with Crippen LogP contribution in [0.2, 0.25) is 0 Å². The summed E-state index contributed by atoms with van der Waals surface area (Å²) in [6.45, 7) is 21.5. The first-order valence-corrected chi connectivity index (χ1v) is 37.3. The summed E-state index contributed by atoms with van der Waals surface area (Å²) in [4.78, 5) is 5.54. The molecule has 20 rings (SSSR count). The van der Waals surface area contributed by atoms with Crippen molar-refractivity contribution in [2.45, 2.75) is 104 Å². The quantitative estimate of drug-likeness (QED) is 0.151. The van der Waals surface area contributed by atoms with Gasteiger partial charge in [-0.15, -0.1) is 0 Å². The number of anilines is 6. The number of para-hydroxylation sites is 1. The van der Waals surface area contributed by atoms with Crippen molar-refractivity contribution >= 4 is 45.0 Å². The molecule has 0 radical (unpaired) electrons. The van der Waals surface area contributed by atoms with Crippen LogP contribution in [0.15, 0.2) is 291 Å². The average Bonchev–Trinajstić information content (AvgIpc) is 1.71. The number of hydrogen-bond acceptors (Lipinski definition) is 2. The van der Waals surface area contributed by atoms with Crippen molar-refractivity contribution in [2.75, 3.05) is 9.80 Å². The Morgan fingerprint density at radius 1 is 0.298 bits per heavy atom. The van der Waals surface area contributed by atoms with E-state index in [9.17, 15) is 0 Å². The van der Waals surface area contributed by atoms with Gasteiger partial charge < -0.3 is 18.9 Å². The molecule has 0 saturated heterocycles. The summed E-state index contributed by atoms with van der Waals surface area (Å²) in [5, 5.41) is 1.30. The van der Waals surface area contributed by atoms with Crippen LogP contribution in [0.3, 0.4) is 0 Å². The van der Waals surface area contributed by atoms with Gasteiger partial charge in [0.2, 0.25) is 0 Å². The second-order valence-corrected chi connectivity index (χ2v) is 32.7. The molecule has 104 heavy (non-hydrogen) atoms. The molecular formula is C100H82N4. The van der Waals surface area contributed by atoms with E-state index in [2.05, 4.69) is 372 Å². The number of nitrogens with zero attached hydrogens (tertiary/aromatic N) is 4. The molecule has 0 amide bonds. The zero-order chi connectivity index (χ0) is 70.2. The molecule has 0 fully saturated rings. The minimum atomic E-state index is -0.323. The van der Waals surface area contributed by atoms with E-state index in [4.69, 9.17) is 0 Å². The van der Waals surface area contributed by atoms with Crippen molar-refractivity contribution in [1.82, 2.24) is 9.13 Å². The van der Waals surface area contributed by atoms with Gasteiger partial charge in [0.15, 0.2) is 0 Å². The average molecular weight is 1340 g/mol. The van der Waals surface area contributed by atoms with Crippen LogP contribution in [0.5, 0.6) is 0 Å². The van der Waals surface area contributed by atoms with E-state index in [0.29, 0.717) is 0 Å². The third-order valence-corrected chi connectivity index (χ3v) is 23.4. The maximum Gasteiger partial charge on any atom is 0.0618 e. The first-order valence-electron chi connectivity index (χ1n) is 37.3. The van der Waals surface area contributed by atoms with Crippen LogP contribution in [0.25, 0.3) is 100 Å². The van der Waals surface area contributed by atoms with E-state index in [1.807, 2.05) is 0 Å². The molecule has 2 aromatic heterocycles. The van der Waals surface area contributed by atoms with E-state index >= 15 is 0 Å². The minimum absolute atomic E-state index is 0.187. The summed E-state index contributed by atoms with van der Waals surface area (Å²) in [6, 6.07) is 112. The van der Waals surface area contributed by atoms with Crippen molar-refractivity contribution in [3.63, 3.8) is 0 Å². The van der Waals surface area contributed by atoms with Crippen molar-refractivity contribution in [2.24, 2.45) is 0 Å². The molecular weight excluding hydrogens is 1260 g/mol. The highest BCUT2D eigenvalue weighted by atomic mass is 15.2. The fourth-order valence-corrected chi connectivity index (χ4v) is 18.4. The van der Waals surface area contributed by atoms with Crippen molar-refractivity contribution in [3.05, 3.63) is 358 Å². The number of fused-ring (bicyclic) bond motifs is 16. The molecule has 15 aromatic rings. The predicted octanol–water partition coefficient (Wildman–Crippen LogP) is 26.4. The molecule has 2 aliphatic heterocycles. The van der Waals surface area contributed by atoms with E-state index in [-0.39, 0.29) is 22.2 Å². The Morgan fingerprint density at radius 3 is 1.12 bits per heavy atom. The predicted molar refractivity (Wildman–Crippen MR) is 435 cm³/mol. The molecule has 4 heteroatoms. The Bertz CT molecular complexity index is 5940. The molecule has 13 aromatic carbocycles. The fraction of sp³-hybridized carbons (Fsp3) is 0.160. The van der Waals surface area contributed by atoms with Gasteiger partial charge in [-0.25, -0.2) is 0 Å². The van der Waals surface area contributed by atoms with E-state index in [0.717, 1.165) is 42.0 Å². The van der Waals surface area contributed by atoms with Crippen LogP contribution in [-0.4, -0.2) is 9.13 Å². The van der Waals surface area contributed by atoms with E-state index in [1.54, 1.807) is 0 Å². The van der Waals surface area contributed by atoms with Crippen molar-refractivity contribution in [1.29, 1.82) is 0 Å². The van der Waals surface area contributed by atoms with Crippen molar-refractivity contribution in [3.8, 4) is 89.5 Å².